The van der Waals surface area contributed by atoms with Crippen LogP contribution >= 0.6 is 35.4 Å². The second kappa shape index (κ2) is 7.09. The van der Waals surface area contributed by atoms with Gasteiger partial charge in [-0.05, 0) is 61.5 Å². The van der Waals surface area contributed by atoms with Gasteiger partial charge in [-0.15, -0.1) is 0 Å². The van der Waals surface area contributed by atoms with Crippen molar-refractivity contribution in [2.45, 2.75) is 13.8 Å². The van der Waals surface area contributed by atoms with Crippen molar-refractivity contribution in [2.24, 2.45) is 0 Å². The minimum absolute atomic E-state index is 0.227. The number of rotatable bonds is 2. The van der Waals surface area contributed by atoms with E-state index in [2.05, 4.69) is 10.6 Å². The lowest BCUT2D eigenvalue weighted by Gasteiger charge is -2.13. The molecule has 3 nitrogen and oxygen atoms in total. The molecule has 0 aliphatic heterocycles. The van der Waals surface area contributed by atoms with Gasteiger partial charge in [-0.2, -0.15) is 0 Å². The van der Waals surface area contributed by atoms with Crippen molar-refractivity contribution in [3.63, 3.8) is 0 Å². The standard InChI is InChI=1S/C16H14Cl2N2OS/c1-9-4-3-5-14(10(9)2)19-16(22)20-15(21)11-6-7-12(17)13(18)8-11/h3-8H,1-2H3,(H2,19,20,21,22). The molecule has 22 heavy (non-hydrogen) atoms. The van der Waals surface area contributed by atoms with Gasteiger partial charge in [0, 0.05) is 11.3 Å². The van der Waals surface area contributed by atoms with Crippen LogP contribution in [0.4, 0.5) is 5.69 Å². The molecular weight excluding hydrogens is 339 g/mol. The number of aryl methyl sites for hydroxylation is 1. The monoisotopic (exact) mass is 352 g/mol. The number of hydrogen-bond donors (Lipinski definition) is 2. The number of thiocarbonyl (C=S) groups is 1. The highest BCUT2D eigenvalue weighted by molar-refractivity contribution is 7.80. The van der Waals surface area contributed by atoms with E-state index < -0.39 is 0 Å². The van der Waals surface area contributed by atoms with Crippen LogP contribution in [0.3, 0.4) is 0 Å². The van der Waals surface area contributed by atoms with Crippen LogP contribution in [0.2, 0.25) is 10.0 Å². The quantitative estimate of drug-likeness (QED) is 0.767. The maximum Gasteiger partial charge on any atom is 0.257 e. The second-order valence-corrected chi connectivity index (χ2v) is 6.01. The van der Waals surface area contributed by atoms with Crippen molar-refractivity contribution in [2.75, 3.05) is 5.32 Å². The number of carbonyl (C=O) groups excluding carboxylic acids is 1. The van der Waals surface area contributed by atoms with Crippen LogP contribution in [-0.4, -0.2) is 11.0 Å². The molecule has 0 aromatic heterocycles. The third-order valence-corrected chi connectivity index (χ3v) is 4.20. The summed E-state index contributed by atoms with van der Waals surface area (Å²) in [6, 6.07) is 10.5. The summed E-state index contributed by atoms with van der Waals surface area (Å²) in [5.41, 5.74) is 3.47. The van der Waals surface area contributed by atoms with E-state index in [9.17, 15) is 4.79 Å². The van der Waals surface area contributed by atoms with Crippen molar-refractivity contribution in [3.05, 3.63) is 63.1 Å². The Balaban J connectivity index is 2.07. The SMILES string of the molecule is Cc1cccc(NC(=S)NC(=O)c2ccc(Cl)c(Cl)c2)c1C. The number of nitrogens with one attached hydrogen (secondary N) is 2. The average molecular weight is 353 g/mol. The molecular formula is C16H14Cl2N2OS. The van der Waals surface area contributed by atoms with Crippen molar-refractivity contribution < 1.29 is 4.79 Å². The molecule has 2 aromatic rings. The van der Waals surface area contributed by atoms with Crippen LogP contribution in [0.1, 0.15) is 21.5 Å². The molecule has 0 aliphatic rings. The molecule has 0 spiro atoms. The molecule has 0 fully saturated rings. The first-order valence-corrected chi connectivity index (χ1v) is 7.68. The first-order chi connectivity index (χ1) is 10.4. The van der Waals surface area contributed by atoms with Crippen molar-refractivity contribution in [3.8, 4) is 0 Å². The average Bonchev–Trinajstić information content (AvgIpc) is 2.46. The van der Waals surface area contributed by atoms with Gasteiger partial charge in [-0.25, -0.2) is 0 Å². The summed E-state index contributed by atoms with van der Waals surface area (Å²) in [6.45, 7) is 4.00. The molecule has 0 aliphatic carbocycles. The molecule has 1 amide bonds. The number of anilines is 1. The van der Waals surface area contributed by atoms with Crippen LogP contribution in [0.25, 0.3) is 0 Å². The number of benzene rings is 2. The number of amides is 1. The minimum atomic E-state index is -0.346. The van der Waals surface area contributed by atoms with E-state index >= 15 is 0 Å². The first kappa shape index (κ1) is 16.7. The van der Waals surface area contributed by atoms with Gasteiger partial charge >= 0.3 is 0 Å². The largest absolute Gasteiger partial charge is 0.332 e. The summed E-state index contributed by atoms with van der Waals surface area (Å²) in [6.07, 6.45) is 0. The Bertz CT molecular complexity index is 747. The Morgan fingerprint density at radius 3 is 2.50 bits per heavy atom. The molecule has 0 saturated heterocycles. The Morgan fingerprint density at radius 2 is 1.82 bits per heavy atom. The Kier molecular flexibility index (Phi) is 5.40. The molecule has 0 radical (unpaired) electrons. The fourth-order valence-electron chi connectivity index (χ4n) is 1.85. The fourth-order valence-corrected chi connectivity index (χ4v) is 2.35. The summed E-state index contributed by atoms with van der Waals surface area (Å²) >= 11 is 16.9. The Morgan fingerprint density at radius 1 is 1.09 bits per heavy atom. The molecule has 114 valence electrons. The predicted molar refractivity (Wildman–Crippen MR) is 96.1 cm³/mol. The van der Waals surface area contributed by atoms with Crippen LogP contribution in [0.5, 0.6) is 0 Å². The van der Waals surface area contributed by atoms with E-state index in [0.717, 1.165) is 16.8 Å². The predicted octanol–water partition coefficient (Wildman–Crippen LogP) is 4.74. The van der Waals surface area contributed by atoms with E-state index in [4.69, 9.17) is 35.4 Å². The summed E-state index contributed by atoms with van der Waals surface area (Å²) < 4.78 is 0. The van der Waals surface area contributed by atoms with Gasteiger partial charge in [0.1, 0.15) is 0 Å². The summed E-state index contributed by atoms with van der Waals surface area (Å²) in [4.78, 5) is 12.1. The van der Waals surface area contributed by atoms with Crippen LogP contribution < -0.4 is 10.6 Å². The zero-order valence-corrected chi connectivity index (χ0v) is 14.4. The van der Waals surface area contributed by atoms with Gasteiger partial charge in [0.05, 0.1) is 10.0 Å². The number of carbonyl (C=O) groups is 1. The Hall–Kier alpha value is -1.62. The summed E-state index contributed by atoms with van der Waals surface area (Å²) in [5.74, 6) is -0.346. The normalized spacial score (nSPS) is 10.2. The van der Waals surface area contributed by atoms with E-state index in [0.29, 0.717) is 15.6 Å². The molecule has 6 heteroatoms. The smallest absolute Gasteiger partial charge is 0.257 e. The topological polar surface area (TPSA) is 41.1 Å². The molecule has 0 heterocycles. The summed E-state index contributed by atoms with van der Waals surface area (Å²) in [5, 5.41) is 6.58. The van der Waals surface area contributed by atoms with Gasteiger partial charge in [0.15, 0.2) is 5.11 Å². The second-order valence-electron chi connectivity index (χ2n) is 4.78. The highest BCUT2D eigenvalue weighted by Crippen LogP contribution is 2.22. The van der Waals surface area contributed by atoms with E-state index in [-0.39, 0.29) is 11.0 Å². The molecule has 0 bridgehead atoms. The Labute approximate surface area is 144 Å². The number of halogens is 2. The minimum Gasteiger partial charge on any atom is -0.332 e. The lowest BCUT2D eigenvalue weighted by Crippen LogP contribution is -2.34. The van der Waals surface area contributed by atoms with Crippen molar-refractivity contribution in [1.29, 1.82) is 0 Å². The first-order valence-electron chi connectivity index (χ1n) is 6.52. The van der Waals surface area contributed by atoms with Gasteiger partial charge < -0.3 is 5.32 Å². The third kappa shape index (κ3) is 3.97. The highest BCUT2D eigenvalue weighted by Gasteiger charge is 2.10. The fraction of sp³-hybridized carbons (Fsp3) is 0.125. The van der Waals surface area contributed by atoms with E-state index in [1.165, 1.54) is 6.07 Å². The molecule has 2 N–H and O–H groups in total. The van der Waals surface area contributed by atoms with Gasteiger partial charge in [-0.1, -0.05) is 35.3 Å². The maximum absolute atomic E-state index is 12.1. The molecule has 2 aromatic carbocycles. The van der Waals surface area contributed by atoms with Gasteiger partial charge in [0.2, 0.25) is 0 Å². The molecule has 2 rings (SSSR count). The van der Waals surface area contributed by atoms with Crippen molar-refractivity contribution >= 4 is 52.1 Å². The van der Waals surface area contributed by atoms with Gasteiger partial charge in [0.25, 0.3) is 5.91 Å². The summed E-state index contributed by atoms with van der Waals surface area (Å²) in [7, 11) is 0. The third-order valence-electron chi connectivity index (χ3n) is 3.26. The van der Waals surface area contributed by atoms with E-state index in [1.54, 1.807) is 12.1 Å². The zero-order valence-electron chi connectivity index (χ0n) is 12.0. The van der Waals surface area contributed by atoms with E-state index in [1.807, 2.05) is 32.0 Å². The van der Waals surface area contributed by atoms with Crippen LogP contribution in [0, 0.1) is 13.8 Å². The molecule has 0 atom stereocenters. The maximum atomic E-state index is 12.1. The van der Waals surface area contributed by atoms with Crippen LogP contribution in [-0.2, 0) is 0 Å². The van der Waals surface area contributed by atoms with Crippen LogP contribution in [0.15, 0.2) is 36.4 Å². The number of hydrogen-bond acceptors (Lipinski definition) is 2. The highest BCUT2D eigenvalue weighted by atomic mass is 35.5. The lowest BCUT2D eigenvalue weighted by atomic mass is 10.1. The lowest BCUT2D eigenvalue weighted by molar-refractivity contribution is 0.0978. The zero-order chi connectivity index (χ0) is 16.3. The molecule has 0 saturated carbocycles. The van der Waals surface area contributed by atoms with Crippen molar-refractivity contribution in [1.82, 2.24) is 5.32 Å². The van der Waals surface area contributed by atoms with Gasteiger partial charge in [-0.3, -0.25) is 10.1 Å². The molecule has 0 unspecified atom stereocenters.